The average Bonchev–Trinajstić information content (AvgIpc) is 2.73. The SMILES string of the molecule is CCOC1(c2ccccc2)Oc2ccccc2-c2nc3ccccc3nc21. The first-order valence-electron chi connectivity index (χ1n) is 9.07. The summed E-state index contributed by atoms with van der Waals surface area (Å²) in [6.45, 7) is 2.44. The highest BCUT2D eigenvalue weighted by atomic mass is 16.7. The summed E-state index contributed by atoms with van der Waals surface area (Å²) in [5, 5.41) is 0. The summed E-state index contributed by atoms with van der Waals surface area (Å²) in [5.74, 6) is -0.386. The van der Waals surface area contributed by atoms with E-state index >= 15 is 0 Å². The molecule has 2 heterocycles. The first-order chi connectivity index (χ1) is 13.3. The van der Waals surface area contributed by atoms with Crippen molar-refractivity contribution in [3.8, 4) is 17.0 Å². The Labute approximate surface area is 157 Å². The van der Waals surface area contributed by atoms with Gasteiger partial charge in [0.2, 0.25) is 0 Å². The van der Waals surface area contributed by atoms with E-state index in [4.69, 9.17) is 19.4 Å². The highest BCUT2D eigenvalue weighted by Crippen LogP contribution is 2.47. The molecule has 5 rings (SSSR count). The van der Waals surface area contributed by atoms with Gasteiger partial charge >= 0.3 is 0 Å². The number of ether oxygens (including phenoxy) is 2. The molecule has 1 aliphatic heterocycles. The molecule has 4 nitrogen and oxygen atoms in total. The average molecular weight is 354 g/mol. The van der Waals surface area contributed by atoms with Gasteiger partial charge in [0.25, 0.3) is 5.79 Å². The van der Waals surface area contributed by atoms with E-state index in [0.29, 0.717) is 12.3 Å². The summed E-state index contributed by atoms with van der Waals surface area (Å²) >= 11 is 0. The highest BCUT2D eigenvalue weighted by molar-refractivity contribution is 5.81. The second-order valence-corrected chi connectivity index (χ2v) is 6.42. The molecule has 1 atom stereocenters. The summed E-state index contributed by atoms with van der Waals surface area (Å²) in [6, 6.07) is 25.7. The molecule has 0 saturated heterocycles. The monoisotopic (exact) mass is 354 g/mol. The van der Waals surface area contributed by atoms with Crippen LogP contribution < -0.4 is 4.74 Å². The van der Waals surface area contributed by atoms with E-state index in [1.54, 1.807) is 0 Å². The number of hydrogen-bond donors (Lipinski definition) is 0. The standard InChI is InChI=1S/C23H18N2O2/c1-2-26-23(16-10-4-3-5-11-16)22-21(17-12-6-9-15-20(17)27-23)24-18-13-7-8-14-19(18)25-22/h3-15H,2H2,1H3. The smallest absolute Gasteiger partial charge is 0.283 e. The van der Waals surface area contributed by atoms with Crippen molar-refractivity contribution in [2.45, 2.75) is 12.7 Å². The molecule has 1 aromatic heterocycles. The molecule has 0 N–H and O–H groups in total. The molecular weight excluding hydrogens is 336 g/mol. The van der Waals surface area contributed by atoms with E-state index in [9.17, 15) is 0 Å². The Kier molecular flexibility index (Phi) is 3.66. The molecule has 1 aliphatic rings. The summed E-state index contributed by atoms with van der Waals surface area (Å²) in [5.41, 5.74) is 4.98. The number of nitrogens with zero attached hydrogens (tertiary/aromatic N) is 2. The predicted octanol–water partition coefficient (Wildman–Crippen LogP) is 4.93. The van der Waals surface area contributed by atoms with Crippen molar-refractivity contribution in [3.63, 3.8) is 0 Å². The Balaban J connectivity index is 1.88. The second-order valence-electron chi connectivity index (χ2n) is 6.42. The van der Waals surface area contributed by atoms with Crippen LogP contribution in [0.25, 0.3) is 22.3 Å². The van der Waals surface area contributed by atoms with Gasteiger partial charge in [-0.05, 0) is 31.2 Å². The van der Waals surface area contributed by atoms with Gasteiger partial charge in [0.05, 0.1) is 11.0 Å². The topological polar surface area (TPSA) is 44.2 Å². The van der Waals surface area contributed by atoms with Crippen LogP contribution in [0.4, 0.5) is 0 Å². The van der Waals surface area contributed by atoms with Crippen LogP contribution in [0.5, 0.6) is 5.75 Å². The first kappa shape index (κ1) is 16.0. The Morgan fingerprint density at radius 2 is 1.48 bits per heavy atom. The van der Waals surface area contributed by atoms with E-state index in [1.807, 2.05) is 85.8 Å². The van der Waals surface area contributed by atoms with Crippen molar-refractivity contribution in [3.05, 3.63) is 90.1 Å². The van der Waals surface area contributed by atoms with Gasteiger partial charge in [0.1, 0.15) is 17.1 Å². The minimum absolute atomic E-state index is 0.477. The van der Waals surface area contributed by atoms with Gasteiger partial charge < -0.3 is 9.47 Å². The first-order valence-corrected chi connectivity index (χ1v) is 9.07. The molecule has 0 amide bonds. The van der Waals surface area contributed by atoms with Gasteiger partial charge in [-0.15, -0.1) is 0 Å². The van der Waals surface area contributed by atoms with Crippen molar-refractivity contribution >= 4 is 11.0 Å². The van der Waals surface area contributed by atoms with Gasteiger partial charge in [-0.25, -0.2) is 9.97 Å². The molecule has 0 spiro atoms. The minimum Gasteiger partial charge on any atom is -0.451 e. The van der Waals surface area contributed by atoms with Crippen LogP contribution in [0.3, 0.4) is 0 Å². The van der Waals surface area contributed by atoms with E-state index in [1.165, 1.54) is 0 Å². The van der Waals surface area contributed by atoms with Crippen molar-refractivity contribution in [2.24, 2.45) is 0 Å². The maximum absolute atomic E-state index is 6.50. The minimum atomic E-state index is -1.13. The van der Waals surface area contributed by atoms with Crippen LogP contribution in [0.15, 0.2) is 78.9 Å². The molecule has 0 bridgehead atoms. The second kappa shape index (κ2) is 6.18. The number of rotatable bonds is 3. The molecule has 0 aliphatic carbocycles. The fourth-order valence-corrected chi connectivity index (χ4v) is 3.61. The molecule has 132 valence electrons. The third-order valence-electron chi connectivity index (χ3n) is 4.78. The summed E-state index contributed by atoms with van der Waals surface area (Å²) in [4.78, 5) is 9.89. The van der Waals surface area contributed by atoms with Crippen LogP contribution in [-0.2, 0) is 10.5 Å². The van der Waals surface area contributed by atoms with Crippen molar-refractivity contribution in [1.82, 2.24) is 9.97 Å². The predicted molar refractivity (Wildman–Crippen MR) is 104 cm³/mol. The fourth-order valence-electron chi connectivity index (χ4n) is 3.61. The van der Waals surface area contributed by atoms with Crippen LogP contribution >= 0.6 is 0 Å². The van der Waals surface area contributed by atoms with E-state index in [0.717, 1.165) is 33.6 Å². The lowest BCUT2D eigenvalue weighted by molar-refractivity contribution is -0.161. The summed E-state index contributed by atoms with van der Waals surface area (Å²) in [7, 11) is 0. The Morgan fingerprint density at radius 3 is 2.26 bits per heavy atom. The Morgan fingerprint density at radius 1 is 0.815 bits per heavy atom. The van der Waals surface area contributed by atoms with Crippen molar-refractivity contribution in [2.75, 3.05) is 6.61 Å². The van der Waals surface area contributed by atoms with Crippen LogP contribution in [0.1, 0.15) is 18.2 Å². The van der Waals surface area contributed by atoms with Crippen molar-refractivity contribution in [1.29, 1.82) is 0 Å². The molecule has 1 unspecified atom stereocenters. The molecule has 4 aromatic rings. The summed E-state index contributed by atoms with van der Waals surface area (Å²) < 4.78 is 12.8. The maximum atomic E-state index is 6.50. The lowest BCUT2D eigenvalue weighted by atomic mass is 9.93. The van der Waals surface area contributed by atoms with Gasteiger partial charge in [-0.2, -0.15) is 0 Å². The quantitative estimate of drug-likeness (QED) is 0.523. The Bertz CT molecular complexity index is 1130. The van der Waals surface area contributed by atoms with Gasteiger partial charge in [0.15, 0.2) is 0 Å². The number of hydrogen-bond acceptors (Lipinski definition) is 4. The van der Waals surface area contributed by atoms with E-state index < -0.39 is 5.79 Å². The highest BCUT2D eigenvalue weighted by Gasteiger charge is 2.46. The normalized spacial score (nSPS) is 17.8. The zero-order chi connectivity index (χ0) is 18.3. The van der Waals surface area contributed by atoms with Gasteiger partial charge in [-0.3, -0.25) is 0 Å². The third-order valence-corrected chi connectivity index (χ3v) is 4.78. The molecule has 0 saturated carbocycles. The van der Waals surface area contributed by atoms with Crippen LogP contribution in [-0.4, -0.2) is 16.6 Å². The summed E-state index contributed by atoms with van der Waals surface area (Å²) in [6.07, 6.45) is 0. The van der Waals surface area contributed by atoms with Gasteiger partial charge in [-0.1, -0.05) is 54.6 Å². The Hall–Kier alpha value is -3.24. The maximum Gasteiger partial charge on any atom is 0.283 e. The number of benzene rings is 3. The lowest BCUT2D eigenvalue weighted by Crippen LogP contribution is -2.41. The van der Waals surface area contributed by atoms with Gasteiger partial charge in [0, 0.05) is 17.7 Å². The molecular formula is C23H18N2O2. The third kappa shape index (κ3) is 2.41. The molecule has 27 heavy (non-hydrogen) atoms. The van der Waals surface area contributed by atoms with Crippen LogP contribution in [0.2, 0.25) is 0 Å². The zero-order valence-electron chi connectivity index (χ0n) is 14.9. The lowest BCUT2D eigenvalue weighted by Gasteiger charge is -2.38. The number of fused-ring (bicyclic) bond motifs is 4. The van der Waals surface area contributed by atoms with Crippen LogP contribution in [0, 0.1) is 0 Å². The molecule has 0 radical (unpaired) electrons. The fraction of sp³-hybridized carbons (Fsp3) is 0.130. The van der Waals surface area contributed by atoms with E-state index in [-0.39, 0.29) is 0 Å². The van der Waals surface area contributed by atoms with E-state index in [2.05, 4.69) is 0 Å². The molecule has 0 fully saturated rings. The van der Waals surface area contributed by atoms with Crippen molar-refractivity contribution < 1.29 is 9.47 Å². The molecule has 4 heteroatoms. The largest absolute Gasteiger partial charge is 0.451 e. The number of aromatic nitrogens is 2. The number of para-hydroxylation sites is 3. The zero-order valence-corrected chi connectivity index (χ0v) is 14.9. The molecule has 3 aromatic carbocycles.